The van der Waals surface area contributed by atoms with Crippen molar-refractivity contribution in [1.29, 1.82) is 0 Å². The molecule has 0 unspecified atom stereocenters. The van der Waals surface area contributed by atoms with Gasteiger partial charge < -0.3 is 4.90 Å². The molecule has 4 heterocycles. The maximum atomic E-state index is 13.4. The van der Waals surface area contributed by atoms with E-state index in [0.29, 0.717) is 24.4 Å². The van der Waals surface area contributed by atoms with Crippen molar-refractivity contribution in [3.63, 3.8) is 0 Å². The number of hydrogen-bond donors (Lipinski definition) is 0. The molecule has 0 bridgehead atoms. The molecule has 2 amide bonds. The fourth-order valence-electron chi connectivity index (χ4n) is 3.56. The summed E-state index contributed by atoms with van der Waals surface area (Å²) in [5.41, 5.74) is 2.95. The first kappa shape index (κ1) is 20.0. The Morgan fingerprint density at radius 2 is 1.80 bits per heavy atom. The predicted molar refractivity (Wildman–Crippen MR) is 116 cm³/mol. The first-order valence-corrected chi connectivity index (χ1v) is 10.7. The molecule has 0 saturated heterocycles. The number of carbonyl (C=O) groups excluding carboxylic acids is 2. The molecule has 0 fully saturated rings. The molecule has 0 radical (unpaired) electrons. The second-order valence-corrected chi connectivity index (χ2v) is 7.89. The van der Waals surface area contributed by atoms with Crippen molar-refractivity contribution in [3.05, 3.63) is 88.3 Å². The van der Waals surface area contributed by atoms with Gasteiger partial charge in [-0.05, 0) is 54.1 Å². The third-order valence-electron chi connectivity index (χ3n) is 5.09. The Bertz CT molecular complexity index is 1050. The standard InChI is InChI=1S/C23H22N4O2S/c1-2-26(13-9-17-7-11-24-12-8-17)21-20(19-6-4-14-30-19)22(28)27(23(21)29)16-18-5-3-10-25-15-18/h3-8,10-12,14-15H,2,9,13,16H2,1H3. The van der Waals surface area contributed by atoms with Crippen molar-refractivity contribution in [2.45, 2.75) is 19.9 Å². The summed E-state index contributed by atoms with van der Waals surface area (Å²) in [7, 11) is 0. The van der Waals surface area contributed by atoms with Crippen LogP contribution in [0.25, 0.3) is 5.57 Å². The van der Waals surface area contributed by atoms with E-state index in [1.54, 1.807) is 24.8 Å². The second kappa shape index (κ2) is 9.00. The van der Waals surface area contributed by atoms with Crippen molar-refractivity contribution < 1.29 is 9.59 Å². The number of pyridine rings is 2. The minimum absolute atomic E-state index is 0.214. The van der Waals surface area contributed by atoms with Crippen LogP contribution in [0.5, 0.6) is 0 Å². The average Bonchev–Trinajstić information content (AvgIpc) is 3.39. The van der Waals surface area contributed by atoms with Gasteiger partial charge in [-0.2, -0.15) is 0 Å². The average molecular weight is 419 g/mol. The second-order valence-electron chi connectivity index (χ2n) is 6.94. The molecular weight excluding hydrogens is 396 g/mol. The summed E-state index contributed by atoms with van der Waals surface area (Å²) in [6, 6.07) is 11.4. The largest absolute Gasteiger partial charge is 0.366 e. The first-order chi connectivity index (χ1) is 14.7. The fourth-order valence-corrected chi connectivity index (χ4v) is 4.32. The molecule has 0 saturated carbocycles. The molecule has 1 aliphatic rings. The first-order valence-electron chi connectivity index (χ1n) is 9.86. The molecule has 0 aromatic carbocycles. The summed E-state index contributed by atoms with van der Waals surface area (Å²) < 4.78 is 0. The summed E-state index contributed by atoms with van der Waals surface area (Å²) >= 11 is 1.48. The topological polar surface area (TPSA) is 66.4 Å². The number of nitrogens with zero attached hydrogens (tertiary/aromatic N) is 4. The van der Waals surface area contributed by atoms with Crippen LogP contribution in [-0.2, 0) is 22.6 Å². The number of amides is 2. The fraction of sp³-hybridized carbons (Fsp3) is 0.217. The molecule has 3 aromatic heterocycles. The van der Waals surface area contributed by atoms with Crippen LogP contribution < -0.4 is 0 Å². The molecule has 152 valence electrons. The Balaban J connectivity index is 1.65. The van der Waals surface area contributed by atoms with Gasteiger partial charge in [-0.15, -0.1) is 11.3 Å². The summed E-state index contributed by atoms with van der Waals surface area (Å²) in [6.07, 6.45) is 7.66. The number of thiophene rings is 1. The Kier molecular flexibility index (Phi) is 5.99. The van der Waals surface area contributed by atoms with Crippen LogP contribution in [0.3, 0.4) is 0 Å². The van der Waals surface area contributed by atoms with Crippen LogP contribution in [0, 0.1) is 0 Å². The van der Waals surface area contributed by atoms with Gasteiger partial charge in [0.1, 0.15) is 5.70 Å². The lowest BCUT2D eigenvalue weighted by atomic mass is 10.1. The van der Waals surface area contributed by atoms with Gasteiger partial charge in [0.25, 0.3) is 11.8 Å². The molecule has 0 N–H and O–H groups in total. The molecule has 0 atom stereocenters. The lowest BCUT2D eigenvalue weighted by Gasteiger charge is -2.24. The highest BCUT2D eigenvalue weighted by atomic mass is 32.1. The molecule has 7 heteroatoms. The molecular formula is C23H22N4O2S. The van der Waals surface area contributed by atoms with Crippen molar-refractivity contribution in [3.8, 4) is 0 Å². The van der Waals surface area contributed by atoms with E-state index in [1.165, 1.54) is 16.2 Å². The Labute approximate surface area is 179 Å². The van der Waals surface area contributed by atoms with E-state index in [-0.39, 0.29) is 18.4 Å². The van der Waals surface area contributed by atoms with Crippen molar-refractivity contribution in [2.24, 2.45) is 0 Å². The zero-order chi connectivity index (χ0) is 20.9. The van der Waals surface area contributed by atoms with Gasteiger partial charge in [-0.3, -0.25) is 24.5 Å². The lowest BCUT2D eigenvalue weighted by molar-refractivity contribution is -0.138. The summed E-state index contributed by atoms with van der Waals surface area (Å²) in [4.78, 5) is 39.1. The lowest BCUT2D eigenvalue weighted by Crippen LogP contribution is -2.35. The summed E-state index contributed by atoms with van der Waals surface area (Å²) in [6.45, 7) is 3.50. The third-order valence-corrected chi connectivity index (χ3v) is 5.98. The number of rotatable bonds is 8. The zero-order valence-electron chi connectivity index (χ0n) is 16.7. The normalized spacial score (nSPS) is 14.0. The molecule has 4 rings (SSSR count). The predicted octanol–water partition coefficient (Wildman–Crippen LogP) is 3.38. The van der Waals surface area contributed by atoms with E-state index >= 15 is 0 Å². The summed E-state index contributed by atoms with van der Waals surface area (Å²) in [5, 5.41) is 1.93. The van der Waals surface area contributed by atoms with Gasteiger partial charge in [-0.25, -0.2) is 0 Å². The van der Waals surface area contributed by atoms with Crippen molar-refractivity contribution >= 4 is 28.7 Å². The Morgan fingerprint density at radius 3 is 2.47 bits per heavy atom. The zero-order valence-corrected chi connectivity index (χ0v) is 17.5. The number of aromatic nitrogens is 2. The Hall–Kier alpha value is -3.32. The van der Waals surface area contributed by atoms with Crippen LogP contribution in [0.4, 0.5) is 0 Å². The van der Waals surface area contributed by atoms with E-state index in [0.717, 1.165) is 22.4 Å². The van der Waals surface area contributed by atoms with Crippen LogP contribution in [0.1, 0.15) is 22.9 Å². The van der Waals surface area contributed by atoms with Gasteiger partial charge in [0.2, 0.25) is 0 Å². The highest BCUT2D eigenvalue weighted by Gasteiger charge is 2.41. The van der Waals surface area contributed by atoms with E-state index in [4.69, 9.17) is 0 Å². The quantitative estimate of drug-likeness (QED) is 0.525. The molecule has 1 aliphatic heterocycles. The van der Waals surface area contributed by atoms with Gasteiger partial charge >= 0.3 is 0 Å². The van der Waals surface area contributed by atoms with Crippen molar-refractivity contribution in [2.75, 3.05) is 13.1 Å². The number of carbonyl (C=O) groups is 2. The maximum Gasteiger partial charge on any atom is 0.278 e. The van der Waals surface area contributed by atoms with Crippen molar-refractivity contribution in [1.82, 2.24) is 19.8 Å². The monoisotopic (exact) mass is 418 g/mol. The smallest absolute Gasteiger partial charge is 0.278 e. The van der Waals surface area contributed by atoms with Gasteiger partial charge in [0, 0.05) is 42.8 Å². The minimum atomic E-state index is -0.247. The molecule has 0 spiro atoms. The third kappa shape index (κ3) is 4.02. The number of hydrogen-bond acceptors (Lipinski definition) is 6. The maximum absolute atomic E-state index is 13.4. The van der Waals surface area contributed by atoms with Gasteiger partial charge in [-0.1, -0.05) is 12.1 Å². The highest BCUT2D eigenvalue weighted by Crippen LogP contribution is 2.34. The number of likely N-dealkylation sites (N-methyl/N-ethyl adjacent to an activating group) is 1. The van der Waals surface area contributed by atoms with E-state index < -0.39 is 0 Å². The van der Waals surface area contributed by atoms with E-state index in [2.05, 4.69) is 9.97 Å². The van der Waals surface area contributed by atoms with Crippen LogP contribution >= 0.6 is 11.3 Å². The van der Waals surface area contributed by atoms with Crippen LogP contribution in [-0.4, -0.2) is 44.7 Å². The van der Waals surface area contributed by atoms with Gasteiger partial charge in [0.05, 0.1) is 12.1 Å². The van der Waals surface area contributed by atoms with Crippen LogP contribution in [0.15, 0.2) is 72.3 Å². The molecule has 0 aliphatic carbocycles. The van der Waals surface area contributed by atoms with Gasteiger partial charge in [0.15, 0.2) is 0 Å². The number of imide groups is 1. The SMILES string of the molecule is CCN(CCc1ccncc1)C1=C(c2cccs2)C(=O)N(Cc2cccnc2)C1=O. The summed E-state index contributed by atoms with van der Waals surface area (Å²) in [5.74, 6) is -0.493. The highest BCUT2D eigenvalue weighted by molar-refractivity contribution is 7.11. The molecule has 3 aromatic rings. The molecule has 30 heavy (non-hydrogen) atoms. The van der Waals surface area contributed by atoms with E-state index in [9.17, 15) is 9.59 Å². The van der Waals surface area contributed by atoms with Crippen LogP contribution in [0.2, 0.25) is 0 Å². The molecule has 6 nitrogen and oxygen atoms in total. The van der Waals surface area contributed by atoms with E-state index in [1.807, 2.05) is 53.6 Å². The Morgan fingerprint density at radius 1 is 0.967 bits per heavy atom. The minimum Gasteiger partial charge on any atom is -0.366 e.